The monoisotopic (exact) mass is 543 g/mol. The molecule has 5 rings (SSSR count). The van der Waals surface area contributed by atoms with Crippen LogP contribution >= 0.6 is 0 Å². The van der Waals surface area contributed by atoms with Crippen molar-refractivity contribution < 1.29 is 9.53 Å². The Morgan fingerprint density at radius 3 is 2.55 bits per heavy atom. The van der Waals surface area contributed by atoms with Gasteiger partial charge >= 0.3 is 6.09 Å². The number of H-pyrrole nitrogens is 1. The Balaban J connectivity index is 1.23. The van der Waals surface area contributed by atoms with Crippen LogP contribution in [0.3, 0.4) is 0 Å². The molecule has 0 aliphatic carbocycles. The van der Waals surface area contributed by atoms with E-state index < -0.39 is 5.60 Å². The molecular formula is C29H37N9O2. The van der Waals surface area contributed by atoms with E-state index in [0.717, 1.165) is 53.2 Å². The summed E-state index contributed by atoms with van der Waals surface area (Å²) in [6.45, 7) is 11.3. The number of aromatic nitrogens is 5. The highest BCUT2D eigenvalue weighted by atomic mass is 16.6. The number of rotatable bonds is 6. The zero-order valence-corrected chi connectivity index (χ0v) is 24.0. The van der Waals surface area contributed by atoms with E-state index in [-0.39, 0.29) is 6.09 Å². The second-order valence-corrected chi connectivity index (χ2v) is 11.3. The number of aromatic amines is 1. The Morgan fingerprint density at radius 1 is 1.05 bits per heavy atom. The SMILES string of the molecule is Cc1cc(-c2ccc3nc(Nc4cc(CN5CCN(C(=O)OC(C)(C)C)CC5)ccn4)[nH]c3c2)nc(N(C)C)n1. The lowest BCUT2D eigenvalue weighted by Crippen LogP contribution is -2.49. The van der Waals surface area contributed by atoms with Crippen molar-refractivity contribution in [2.75, 3.05) is 50.5 Å². The predicted octanol–water partition coefficient (Wildman–Crippen LogP) is 4.59. The van der Waals surface area contributed by atoms with Gasteiger partial charge in [0.05, 0.1) is 16.7 Å². The highest BCUT2D eigenvalue weighted by molar-refractivity contribution is 5.83. The predicted molar refractivity (Wildman–Crippen MR) is 157 cm³/mol. The van der Waals surface area contributed by atoms with Crippen molar-refractivity contribution in [2.45, 2.75) is 39.8 Å². The van der Waals surface area contributed by atoms with Gasteiger partial charge in [-0.2, -0.15) is 0 Å². The van der Waals surface area contributed by atoms with E-state index >= 15 is 0 Å². The molecule has 40 heavy (non-hydrogen) atoms. The second kappa shape index (κ2) is 11.1. The van der Waals surface area contributed by atoms with Crippen LogP contribution in [0.2, 0.25) is 0 Å². The van der Waals surface area contributed by atoms with E-state index in [1.165, 1.54) is 0 Å². The topological polar surface area (TPSA) is 115 Å². The summed E-state index contributed by atoms with van der Waals surface area (Å²) in [7, 11) is 3.87. The highest BCUT2D eigenvalue weighted by Gasteiger charge is 2.25. The molecule has 1 fully saturated rings. The summed E-state index contributed by atoms with van der Waals surface area (Å²) >= 11 is 0. The molecule has 0 unspecified atom stereocenters. The number of benzene rings is 1. The number of imidazole rings is 1. The van der Waals surface area contributed by atoms with Gasteiger partial charge in [-0.3, -0.25) is 4.90 Å². The molecule has 1 saturated heterocycles. The van der Waals surface area contributed by atoms with Crippen molar-refractivity contribution >= 4 is 34.8 Å². The first kappa shape index (κ1) is 27.3. The maximum Gasteiger partial charge on any atom is 0.410 e. The number of nitrogens with zero attached hydrogens (tertiary/aromatic N) is 7. The number of anilines is 3. The van der Waals surface area contributed by atoms with Crippen LogP contribution in [-0.2, 0) is 11.3 Å². The van der Waals surface area contributed by atoms with Crippen LogP contribution < -0.4 is 10.2 Å². The van der Waals surface area contributed by atoms with E-state index in [0.29, 0.717) is 30.8 Å². The lowest BCUT2D eigenvalue weighted by Gasteiger charge is -2.35. The summed E-state index contributed by atoms with van der Waals surface area (Å²) in [6, 6.07) is 12.1. The third kappa shape index (κ3) is 6.66. The van der Waals surface area contributed by atoms with Crippen molar-refractivity contribution in [1.82, 2.24) is 34.7 Å². The molecule has 0 saturated carbocycles. The molecule has 1 aromatic carbocycles. The number of pyridine rings is 1. The van der Waals surface area contributed by atoms with Gasteiger partial charge < -0.3 is 24.8 Å². The second-order valence-electron chi connectivity index (χ2n) is 11.3. The summed E-state index contributed by atoms with van der Waals surface area (Å²) in [5.41, 5.74) is 5.18. The molecule has 2 N–H and O–H groups in total. The van der Waals surface area contributed by atoms with Crippen molar-refractivity contribution in [1.29, 1.82) is 0 Å². The number of piperazine rings is 1. The lowest BCUT2D eigenvalue weighted by atomic mass is 10.1. The van der Waals surface area contributed by atoms with Crippen LogP contribution in [0.25, 0.3) is 22.3 Å². The normalized spacial score (nSPS) is 14.4. The van der Waals surface area contributed by atoms with Gasteiger partial charge in [0.25, 0.3) is 0 Å². The number of carbonyl (C=O) groups is 1. The Bertz CT molecular complexity index is 1500. The lowest BCUT2D eigenvalue weighted by molar-refractivity contribution is 0.0139. The number of carbonyl (C=O) groups excluding carboxylic acids is 1. The maximum atomic E-state index is 12.4. The molecule has 4 heterocycles. The largest absolute Gasteiger partial charge is 0.444 e. The Kier molecular flexibility index (Phi) is 7.57. The van der Waals surface area contributed by atoms with Gasteiger partial charge in [0.1, 0.15) is 11.4 Å². The summed E-state index contributed by atoms with van der Waals surface area (Å²) in [6.07, 6.45) is 1.56. The molecule has 4 aromatic rings. The summed E-state index contributed by atoms with van der Waals surface area (Å²) in [5, 5.41) is 3.31. The third-order valence-electron chi connectivity index (χ3n) is 6.52. The quantitative estimate of drug-likeness (QED) is 0.360. The Hall–Kier alpha value is -4.25. The fraction of sp³-hybridized carbons (Fsp3) is 0.414. The number of nitrogens with one attached hydrogen (secondary N) is 2. The Morgan fingerprint density at radius 2 is 1.82 bits per heavy atom. The van der Waals surface area contributed by atoms with Gasteiger partial charge in [-0.25, -0.2) is 24.7 Å². The van der Waals surface area contributed by atoms with Crippen molar-refractivity contribution in [3.8, 4) is 11.3 Å². The van der Waals surface area contributed by atoms with E-state index in [1.807, 2.05) is 77.0 Å². The molecule has 3 aromatic heterocycles. The molecule has 210 valence electrons. The average molecular weight is 544 g/mol. The van der Waals surface area contributed by atoms with E-state index in [2.05, 4.69) is 31.2 Å². The number of fused-ring (bicyclic) bond motifs is 1. The van der Waals surface area contributed by atoms with Gasteiger partial charge in [0.2, 0.25) is 11.9 Å². The third-order valence-corrected chi connectivity index (χ3v) is 6.52. The van der Waals surface area contributed by atoms with Crippen molar-refractivity contribution in [3.63, 3.8) is 0 Å². The number of amides is 1. The number of hydrogen-bond acceptors (Lipinski definition) is 9. The minimum atomic E-state index is -0.483. The maximum absolute atomic E-state index is 12.4. The Labute approximate surface area is 234 Å². The molecule has 0 radical (unpaired) electrons. The van der Waals surface area contributed by atoms with Gasteiger partial charge in [0, 0.05) is 64.3 Å². The van der Waals surface area contributed by atoms with Crippen LogP contribution in [0, 0.1) is 6.92 Å². The van der Waals surface area contributed by atoms with E-state index in [1.54, 1.807) is 11.1 Å². The zero-order valence-electron chi connectivity index (χ0n) is 24.0. The first-order chi connectivity index (χ1) is 19.0. The summed E-state index contributed by atoms with van der Waals surface area (Å²) in [5.74, 6) is 2.01. The number of hydrogen-bond donors (Lipinski definition) is 2. The molecular weight excluding hydrogens is 506 g/mol. The molecule has 1 amide bonds. The summed E-state index contributed by atoms with van der Waals surface area (Å²) in [4.78, 5) is 40.1. The van der Waals surface area contributed by atoms with Gasteiger partial charge in [-0.1, -0.05) is 6.07 Å². The first-order valence-electron chi connectivity index (χ1n) is 13.5. The molecule has 1 aliphatic heterocycles. The minimum Gasteiger partial charge on any atom is -0.444 e. The van der Waals surface area contributed by atoms with Crippen LogP contribution in [-0.4, -0.2) is 86.7 Å². The van der Waals surface area contributed by atoms with E-state index in [9.17, 15) is 4.79 Å². The van der Waals surface area contributed by atoms with Crippen molar-refractivity contribution in [3.05, 3.63) is 53.9 Å². The number of ether oxygens (including phenoxy) is 1. The van der Waals surface area contributed by atoms with Crippen LogP contribution in [0.1, 0.15) is 32.0 Å². The highest BCUT2D eigenvalue weighted by Crippen LogP contribution is 2.26. The van der Waals surface area contributed by atoms with Gasteiger partial charge in [-0.05, 0) is 63.6 Å². The molecule has 11 nitrogen and oxygen atoms in total. The van der Waals surface area contributed by atoms with Crippen LogP contribution in [0.5, 0.6) is 0 Å². The standard InChI is InChI=1S/C29H37N9O2/c1-19-15-23(34-27(31-19)36(5)6)21-7-8-22-24(17-21)33-26(32-22)35-25-16-20(9-10-30-25)18-37-11-13-38(14-12-37)28(39)40-29(2,3)4/h7-10,15-17H,11-14,18H2,1-6H3,(H2,30,32,33,35). The fourth-order valence-electron chi connectivity index (χ4n) is 4.56. The smallest absolute Gasteiger partial charge is 0.410 e. The average Bonchev–Trinajstić information content (AvgIpc) is 3.29. The molecule has 11 heteroatoms. The molecule has 0 spiro atoms. The van der Waals surface area contributed by atoms with E-state index in [4.69, 9.17) is 14.7 Å². The van der Waals surface area contributed by atoms with Crippen LogP contribution in [0.15, 0.2) is 42.6 Å². The first-order valence-corrected chi connectivity index (χ1v) is 13.5. The van der Waals surface area contributed by atoms with Crippen LogP contribution in [0.4, 0.5) is 22.5 Å². The number of aryl methyl sites for hydroxylation is 1. The molecule has 0 atom stereocenters. The molecule has 1 aliphatic rings. The van der Waals surface area contributed by atoms with Crippen molar-refractivity contribution in [2.24, 2.45) is 0 Å². The fourth-order valence-corrected chi connectivity index (χ4v) is 4.56. The van der Waals surface area contributed by atoms with Gasteiger partial charge in [0.15, 0.2) is 0 Å². The summed E-state index contributed by atoms with van der Waals surface area (Å²) < 4.78 is 5.51. The molecule has 0 bridgehead atoms. The zero-order chi connectivity index (χ0) is 28.4. The van der Waals surface area contributed by atoms with Gasteiger partial charge in [-0.15, -0.1) is 0 Å². The minimum absolute atomic E-state index is 0.244.